The lowest BCUT2D eigenvalue weighted by atomic mass is 9.95. The van der Waals surface area contributed by atoms with Gasteiger partial charge in [0.05, 0.1) is 33.3 Å². The molecule has 38 heavy (non-hydrogen) atoms. The molecular formula is C25H22ClN5O5S2. The molecule has 3 heterocycles. The molecule has 4 N–H and O–H groups in total. The second-order valence-electron chi connectivity index (χ2n) is 8.69. The number of anilines is 1. The maximum atomic E-state index is 13.0. The first kappa shape index (κ1) is 26.0. The molecule has 0 spiro atoms. The summed E-state index contributed by atoms with van der Waals surface area (Å²) in [7, 11) is -3.61. The molecule has 3 amide bonds. The molecule has 0 radical (unpaired) electrons. The standard InChI is InChI=1S/C25H22ClN5O5S2/c26-18-11-15(23(32)28-19-9-10-37-24(19)33)12-27-22(18)30-31-25(34)29-21-16-6-2-1-5-14(16)13-38(35,36)20-8-4-3-7-17(20)21/h1-8,11-12,19,21H,9-10,13H2,(H,27,30)(H,28,32)(H2,29,31,34)/t19-,21?/m1/s1. The molecule has 0 bridgehead atoms. The van der Waals surface area contributed by atoms with Crippen molar-refractivity contribution in [2.75, 3.05) is 11.2 Å². The van der Waals surface area contributed by atoms with Gasteiger partial charge in [0.25, 0.3) is 5.91 Å². The number of thioether (sulfide) groups is 1. The van der Waals surface area contributed by atoms with Crippen molar-refractivity contribution >= 4 is 56.1 Å². The van der Waals surface area contributed by atoms with E-state index < -0.39 is 33.9 Å². The van der Waals surface area contributed by atoms with Gasteiger partial charge in [0.1, 0.15) is 0 Å². The molecule has 196 valence electrons. The Hall–Kier alpha value is -3.61. The summed E-state index contributed by atoms with van der Waals surface area (Å²) in [5.74, 6) is 0.104. The number of sulfone groups is 1. The number of hydrogen-bond donors (Lipinski definition) is 4. The molecule has 2 aromatic carbocycles. The van der Waals surface area contributed by atoms with E-state index in [4.69, 9.17) is 11.6 Å². The van der Waals surface area contributed by atoms with E-state index in [1.165, 1.54) is 30.1 Å². The van der Waals surface area contributed by atoms with Gasteiger partial charge >= 0.3 is 6.03 Å². The molecule has 0 aliphatic carbocycles. The van der Waals surface area contributed by atoms with Crippen molar-refractivity contribution < 1.29 is 22.8 Å². The minimum Gasteiger partial charge on any atom is -0.341 e. The summed E-state index contributed by atoms with van der Waals surface area (Å²) in [4.78, 5) is 41.4. The van der Waals surface area contributed by atoms with E-state index in [0.29, 0.717) is 28.9 Å². The van der Waals surface area contributed by atoms with E-state index >= 15 is 0 Å². The van der Waals surface area contributed by atoms with Crippen LogP contribution in [0.4, 0.5) is 10.6 Å². The van der Waals surface area contributed by atoms with Crippen LogP contribution in [0, 0.1) is 0 Å². The van der Waals surface area contributed by atoms with Crippen LogP contribution in [-0.2, 0) is 20.4 Å². The summed E-state index contributed by atoms with van der Waals surface area (Å²) >= 11 is 7.45. The lowest BCUT2D eigenvalue weighted by Crippen LogP contribution is -2.41. The number of nitrogens with one attached hydrogen (secondary N) is 4. The number of nitrogens with zero attached hydrogens (tertiary/aromatic N) is 1. The smallest absolute Gasteiger partial charge is 0.334 e. The molecule has 2 aliphatic rings. The Balaban J connectivity index is 1.30. The number of fused-ring (bicyclic) bond motifs is 2. The number of benzene rings is 2. The average Bonchev–Trinajstić information content (AvgIpc) is 3.26. The van der Waals surface area contributed by atoms with E-state index in [0.717, 1.165) is 0 Å². The molecule has 1 unspecified atom stereocenters. The highest BCUT2D eigenvalue weighted by atomic mass is 35.5. The first-order valence-corrected chi connectivity index (χ1v) is 14.6. The summed E-state index contributed by atoms with van der Waals surface area (Å²) in [5.41, 5.74) is 6.96. The Labute approximate surface area is 227 Å². The third kappa shape index (κ3) is 5.33. The van der Waals surface area contributed by atoms with Gasteiger partial charge in [-0.2, -0.15) is 0 Å². The Morgan fingerprint density at radius 2 is 1.76 bits per heavy atom. The van der Waals surface area contributed by atoms with Gasteiger partial charge in [-0.1, -0.05) is 65.8 Å². The van der Waals surface area contributed by atoms with Crippen LogP contribution in [0.5, 0.6) is 0 Å². The summed E-state index contributed by atoms with van der Waals surface area (Å²) in [6.07, 6.45) is 1.84. The Kier molecular flexibility index (Phi) is 7.28. The maximum Gasteiger partial charge on any atom is 0.334 e. The molecule has 3 aromatic rings. The first-order chi connectivity index (χ1) is 18.2. The predicted octanol–water partition coefficient (Wildman–Crippen LogP) is 3.20. The Morgan fingerprint density at radius 1 is 1.03 bits per heavy atom. The van der Waals surface area contributed by atoms with Crippen LogP contribution < -0.4 is 21.5 Å². The maximum absolute atomic E-state index is 13.0. The van der Waals surface area contributed by atoms with Crippen LogP contribution in [-0.4, -0.2) is 42.3 Å². The van der Waals surface area contributed by atoms with Crippen molar-refractivity contribution in [1.82, 2.24) is 21.0 Å². The number of urea groups is 1. The van der Waals surface area contributed by atoms with E-state index in [1.807, 2.05) is 0 Å². The van der Waals surface area contributed by atoms with Crippen LogP contribution >= 0.6 is 23.4 Å². The monoisotopic (exact) mass is 571 g/mol. The minimum atomic E-state index is -3.61. The molecule has 5 rings (SSSR count). The topological polar surface area (TPSA) is 146 Å². The summed E-state index contributed by atoms with van der Waals surface area (Å²) in [6.45, 7) is 0. The van der Waals surface area contributed by atoms with Crippen molar-refractivity contribution in [3.05, 3.63) is 88.1 Å². The van der Waals surface area contributed by atoms with Gasteiger partial charge < -0.3 is 10.6 Å². The summed E-state index contributed by atoms with van der Waals surface area (Å²) in [6, 6.07) is 13.1. The van der Waals surface area contributed by atoms with Crippen LogP contribution in [0.1, 0.15) is 39.5 Å². The number of hydrogen-bond acceptors (Lipinski definition) is 8. The molecule has 13 heteroatoms. The largest absolute Gasteiger partial charge is 0.341 e. The molecule has 0 saturated carbocycles. The zero-order valence-electron chi connectivity index (χ0n) is 19.7. The lowest BCUT2D eigenvalue weighted by Gasteiger charge is -2.21. The quantitative estimate of drug-likeness (QED) is 0.341. The van der Waals surface area contributed by atoms with Crippen LogP contribution in [0.2, 0.25) is 5.02 Å². The summed E-state index contributed by atoms with van der Waals surface area (Å²) < 4.78 is 26.0. The van der Waals surface area contributed by atoms with Gasteiger partial charge in [0, 0.05) is 11.9 Å². The number of rotatable bonds is 5. The highest BCUT2D eigenvalue weighted by molar-refractivity contribution is 8.14. The normalized spacial score (nSPS) is 19.4. The van der Waals surface area contributed by atoms with Gasteiger partial charge in [0.15, 0.2) is 15.7 Å². The fourth-order valence-corrected chi connectivity index (χ4v) is 7.17. The number of carbonyl (C=O) groups is 3. The van der Waals surface area contributed by atoms with E-state index in [2.05, 4.69) is 26.5 Å². The fraction of sp³-hybridized carbons (Fsp3) is 0.200. The highest BCUT2D eigenvalue weighted by Crippen LogP contribution is 2.36. The van der Waals surface area contributed by atoms with Crippen LogP contribution in [0.3, 0.4) is 0 Å². The number of aromatic nitrogens is 1. The molecule has 2 aliphatic heterocycles. The van der Waals surface area contributed by atoms with Crippen molar-refractivity contribution in [2.45, 2.75) is 29.2 Å². The van der Waals surface area contributed by atoms with Crippen molar-refractivity contribution in [2.24, 2.45) is 0 Å². The van der Waals surface area contributed by atoms with Gasteiger partial charge in [-0.25, -0.2) is 18.2 Å². The number of halogens is 1. The van der Waals surface area contributed by atoms with E-state index in [-0.39, 0.29) is 32.2 Å². The molecule has 1 fully saturated rings. The molecule has 1 saturated heterocycles. The zero-order chi connectivity index (χ0) is 26.9. The Morgan fingerprint density at radius 3 is 2.50 bits per heavy atom. The van der Waals surface area contributed by atoms with E-state index in [9.17, 15) is 22.8 Å². The van der Waals surface area contributed by atoms with Gasteiger partial charge in [-0.15, -0.1) is 0 Å². The number of carbonyl (C=O) groups excluding carboxylic acids is 3. The highest BCUT2D eigenvalue weighted by Gasteiger charge is 2.32. The zero-order valence-corrected chi connectivity index (χ0v) is 22.1. The molecule has 2 atom stereocenters. The molecule has 10 nitrogen and oxygen atoms in total. The second kappa shape index (κ2) is 10.6. The average molecular weight is 572 g/mol. The second-order valence-corrected chi connectivity index (χ2v) is 12.2. The number of pyridine rings is 1. The fourth-order valence-electron chi connectivity index (χ4n) is 4.36. The van der Waals surface area contributed by atoms with Gasteiger partial charge in [0.2, 0.25) is 5.12 Å². The first-order valence-electron chi connectivity index (χ1n) is 11.6. The van der Waals surface area contributed by atoms with Crippen molar-refractivity contribution in [1.29, 1.82) is 0 Å². The lowest BCUT2D eigenvalue weighted by molar-refractivity contribution is -0.112. The van der Waals surface area contributed by atoms with Crippen LogP contribution in [0.15, 0.2) is 65.7 Å². The van der Waals surface area contributed by atoms with Crippen LogP contribution in [0.25, 0.3) is 0 Å². The van der Waals surface area contributed by atoms with Crippen molar-refractivity contribution in [3.8, 4) is 0 Å². The van der Waals surface area contributed by atoms with Gasteiger partial charge in [-0.05, 0) is 35.2 Å². The summed E-state index contributed by atoms with van der Waals surface area (Å²) in [5, 5.41) is 5.48. The predicted molar refractivity (Wildman–Crippen MR) is 143 cm³/mol. The molecular weight excluding hydrogens is 550 g/mol. The van der Waals surface area contributed by atoms with Crippen molar-refractivity contribution in [3.63, 3.8) is 0 Å². The minimum absolute atomic E-state index is 0.0707. The van der Waals surface area contributed by atoms with E-state index in [1.54, 1.807) is 42.5 Å². The SMILES string of the molecule is O=C(NNc1ncc(C(=O)N[C@@H]2CCSC2=O)cc1Cl)NC1c2ccccc2CS(=O)(=O)c2ccccc21. The number of hydrazine groups is 1. The number of amides is 3. The Bertz CT molecular complexity index is 1550. The third-order valence-corrected chi connectivity index (χ3v) is 9.22. The molecule has 1 aromatic heterocycles. The van der Waals surface area contributed by atoms with Gasteiger partial charge in [-0.3, -0.25) is 20.4 Å². The third-order valence-electron chi connectivity index (χ3n) is 6.19.